The van der Waals surface area contributed by atoms with Gasteiger partial charge in [-0.25, -0.2) is 18.4 Å². The monoisotopic (exact) mass is 564 g/mol. The topological polar surface area (TPSA) is 114 Å². The number of hydrogen-bond acceptors (Lipinski definition) is 6. The van der Waals surface area contributed by atoms with Crippen molar-refractivity contribution in [2.75, 3.05) is 0 Å². The van der Waals surface area contributed by atoms with Crippen molar-refractivity contribution in [1.82, 2.24) is 9.13 Å². The number of nitrogens with zero attached hydrogens (tertiary/aromatic N) is 2. The van der Waals surface area contributed by atoms with Crippen molar-refractivity contribution in [3.63, 3.8) is 0 Å². The minimum Gasteiger partial charge on any atom is -0.439 e. The predicted molar refractivity (Wildman–Crippen MR) is 140 cm³/mol. The van der Waals surface area contributed by atoms with E-state index >= 15 is 0 Å². The summed E-state index contributed by atoms with van der Waals surface area (Å²) in [5.74, 6) is -3.03. The van der Waals surface area contributed by atoms with Gasteiger partial charge < -0.3 is 18.6 Å². The molecule has 0 fully saturated rings. The minimum absolute atomic E-state index is 0.0431. The van der Waals surface area contributed by atoms with Gasteiger partial charge in [-0.2, -0.15) is 0 Å². The van der Waals surface area contributed by atoms with Crippen molar-refractivity contribution in [3.05, 3.63) is 82.6 Å². The second-order valence-electron chi connectivity index (χ2n) is 9.29. The third kappa shape index (κ3) is 5.99. The summed E-state index contributed by atoms with van der Waals surface area (Å²) in [6.45, 7) is 2.81. The van der Waals surface area contributed by atoms with Gasteiger partial charge in [-0.1, -0.05) is 23.2 Å². The van der Waals surface area contributed by atoms with Crippen molar-refractivity contribution in [1.29, 1.82) is 0 Å². The molecule has 0 spiro atoms. The smallest absolute Gasteiger partial charge is 0.332 e. The molecule has 0 aliphatic carbocycles. The predicted octanol–water partition coefficient (Wildman–Crippen LogP) is 4.87. The third-order valence-corrected chi connectivity index (χ3v) is 6.35. The zero-order valence-electron chi connectivity index (χ0n) is 20.4. The van der Waals surface area contributed by atoms with Crippen LogP contribution in [0.15, 0.2) is 60.9 Å². The molecule has 2 heterocycles. The molecule has 2 unspecified atom stereocenters. The number of nitrogens with two attached hydrogens (primary N) is 2. The van der Waals surface area contributed by atoms with Gasteiger partial charge in [-0.15, -0.1) is 0 Å². The number of ether oxygens (including phenoxy) is 2. The Hall–Kier alpha value is -3.44. The molecule has 0 saturated carbocycles. The van der Waals surface area contributed by atoms with E-state index in [0.29, 0.717) is 21.8 Å². The molecule has 38 heavy (non-hydrogen) atoms. The molecule has 4 N–H and O–H groups in total. The van der Waals surface area contributed by atoms with Gasteiger partial charge in [-0.05, 0) is 50.2 Å². The van der Waals surface area contributed by atoms with E-state index < -0.39 is 35.0 Å². The first-order chi connectivity index (χ1) is 17.8. The third-order valence-electron chi connectivity index (χ3n) is 5.63. The molecule has 12 heteroatoms. The summed E-state index contributed by atoms with van der Waals surface area (Å²) >= 11 is 12.2. The van der Waals surface area contributed by atoms with E-state index in [0.717, 1.165) is 12.2 Å². The fourth-order valence-electron chi connectivity index (χ4n) is 4.12. The standard InChI is InChI=1S/C26H24Cl2F2N4O4/c1-25(31,13-33-11-9-15-3-5-17(29)21(27)23(15)33)37-19(35)7-8-20(36)38-26(2,32)14-34-12-10-16-4-6-18(30)22(28)24(16)34/h3-12H,13-14,31-32H2,1-2H3/b8-7+. The van der Waals surface area contributed by atoms with Crippen LogP contribution in [0.4, 0.5) is 8.78 Å². The van der Waals surface area contributed by atoms with Crippen LogP contribution in [0.1, 0.15) is 13.8 Å². The van der Waals surface area contributed by atoms with Crippen LogP contribution in [-0.2, 0) is 32.2 Å². The van der Waals surface area contributed by atoms with E-state index in [9.17, 15) is 18.4 Å². The molecule has 4 rings (SSSR count). The Morgan fingerprint density at radius 1 is 0.789 bits per heavy atom. The molecule has 0 aliphatic heterocycles. The highest BCUT2D eigenvalue weighted by Gasteiger charge is 2.27. The number of rotatable bonds is 8. The quantitative estimate of drug-likeness (QED) is 0.179. The van der Waals surface area contributed by atoms with Crippen molar-refractivity contribution >= 4 is 56.9 Å². The molecule has 200 valence electrons. The first kappa shape index (κ1) is 27.6. The summed E-state index contributed by atoms with van der Waals surface area (Å²) in [7, 11) is 0. The number of aromatic nitrogens is 2. The maximum absolute atomic E-state index is 13.9. The maximum Gasteiger partial charge on any atom is 0.332 e. The number of hydrogen-bond donors (Lipinski definition) is 2. The molecule has 0 amide bonds. The van der Waals surface area contributed by atoms with Crippen molar-refractivity contribution in [3.8, 4) is 0 Å². The molecular formula is C26H24Cl2F2N4O4. The van der Waals surface area contributed by atoms with Gasteiger partial charge in [0.15, 0.2) is 11.4 Å². The minimum atomic E-state index is -1.53. The number of carbonyl (C=O) groups excluding carboxylic acids is 2. The first-order valence-electron chi connectivity index (χ1n) is 11.3. The lowest BCUT2D eigenvalue weighted by Crippen LogP contribution is -2.45. The molecular weight excluding hydrogens is 541 g/mol. The van der Waals surface area contributed by atoms with Gasteiger partial charge in [0.05, 0.1) is 24.1 Å². The fourth-order valence-corrected chi connectivity index (χ4v) is 4.68. The van der Waals surface area contributed by atoms with Crippen LogP contribution in [0.5, 0.6) is 0 Å². The van der Waals surface area contributed by atoms with Crippen LogP contribution in [0.2, 0.25) is 10.0 Å². The van der Waals surface area contributed by atoms with Crippen molar-refractivity contribution in [2.45, 2.75) is 38.4 Å². The van der Waals surface area contributed by atoms with E-state index in [1.165, 1.54) is 26.0 Å². The molecule has 0 bridgehead atoms. The second-order valence-corrected chi connectivity index (χ2v) is 10.0. The van der Waals surface area contributed by atoms with Gasteiger partial charge in [0.25, 0.3) is 0 Å². The molecule has 0 saturated heterocycles. The number of esters is 2. The van der Waals surface area contributed by atoms with E-state index in [4.69, 9.17) is 44.1 Å². The molecule has 8 nitrogen and oxygen atoms in total. The van der Waals surface area contributed by atoms with E-state index in [-0.39, 0.29) is 23.1 Å². The molecule has 0 radical (unpaired) electrons. The fraction of sp³-hybridized carbons (Fsp3) is 0.231. The largest absolute Gasteiger partial charge is 0.439 e. The Balaban J connectivity index is 1.37. The van der Waals surface area contributed by atoms with Crippen LogP contribution >= 0.6 is 23.2 Å². The van der Waals surface area contributed by atoms with Gasteiger partial charge in [0.2, 0.25) is 0 Å². The summed E-state index contributed by atoms with van der Waals surface area (Å²) in [4.78, 5) is 24.7. The Labute approximate surface area is 226 Å². The van der Waals surface area contributed by atoms with Crippen molar-refractivity contribution < 1.29 is 27.8 Å². The van der Waals surface area contributed by atoms with E-state index in [1.807, 2.05) is 0 Å². The number of fused-ring (bicyclic) bond motifs is 2. The average Bonchev–Trinajstić information content (AvgIpc) is 3.40. The summed E-state index contributed by atoms with van der Waals surface area (Å²) in [5.41, 5.74) is 10.0. The number of halogens is 4. The molecule has 2 aromatic heterocycles. The normalized spacial score (nSPS) is 15.1. The highest BCUT2D eigenvalue weighted by atomic mass is 35.5. The highest BCUT2D eigenvalue weighted by molar-refractivity contribution is 6.35. The summed E-state index contributed by atoms with van der Waals surface area (Å²) < 4.78 is 41.5. The van der Waals surface area contributed by atoms with Gasteiger partial charge in [-0.3, -0.25) is 11.5 Å². The van der Waals surface area contributed by atoms with E-state index in [1.54, 1.807) is 45.8 Å². The Morgan fingerprint density at radius 2 is 1.16 bits per heavy atom. The zero-order chi connectivity index (χ0) is 27.8. The molecule has 4 aromatic rings. The lowest BCUT2D eigenvalue weighted by atomic mass is 10.2. The van der Waals surface area contributed by atoms with Crippen molar-refractivity contribution in [2.24, 2.45) is 11.5 Å². The van der Waals surface area contributed by atoms with Gasteiger partial charge in [0.1, 0.15) is 21.7 Å². The van der Waals surface area contributed by atoms with Crippen LogP contribution in [0.25, 0.3) is 21.8 Å². The molecule has 2 atom stereocenters. The average molecular weight is 565 g/mol. The number of carbonyl (C=O) groups is 2. The number of benzene rings is 2. The van der Waals surface area contributed by atoms with E-state index in [2.05, 4.69) is 0 Å². The summed E-state index contributed by atoms with van der Waals surface area (Å²) in [5, 5.41) is 1.21. The maximum atomic E-state index is 13.9. The van der Waals surface area contributed by atoms with Crippen LogP contribution in [-0.4, -0.2) is 32.5 Å². The van der Waals surface area contributed by atoms with Crippen LogP contribution < -0.4 is 11.5 Å². The van der Waals surface area contributed by atoms with Crippen LogP contribution in [0, 0.1) is 11.6 Å². The molecule has 0 aliphatic rings. The van der Waals surface area contributed by atoms with Gasteiger partial charge in [0, 0.05) is 35.3 Å². The van der Waals surface area contributed by atoms with Crippen LogP contribution in [0.3, 0.4) is 0 Å². The Bertz CT molecular complexity index is 1460. The Kier molecular flexibility index (Phi) is 7.53. The lowest BCUT2D eigenvalue weighted by Gasteiger charge is -2.26. The first-order valence-corrected chi connectivity index (χ1v) is 12.1. The molecule has 2 aromatic carbocycles. The zero-order valence-corrected chi connectivity index (χ0v) is 21.9. The highest BCUT2D eigenvalue weighted by Crippen LogP contribution is 2.29. The van der Waals surface area contributed by atoms with Gasteiger partial charge >= 0.3 is 11.9 Å². The Morgan fingerprint density at radius 3 is 1.53 bits per heavy atom. The summed E-state index contributed by atoms with van der Waals surface area (Å²) in [6.07, 6.45) is 4.97. The summed E-state index contributed by atoms with van der Waals surface area (Å²) in [6, 6.07) is 9.08. The lowest BCUT2D eigenvalue weighted by molar-refractivity contribution is -0.155. The second kappa shape index (κ2) is 10.4. The SMILES string of the molecule is CC(N)(Cn1ccc2ccc(F)c(Cl)c21)OC(=O)/C=C/C(=O)OC(C)(N)Cn1ccc2ccc(F)c(Cl)c21.